The van der Waals surface area contributed by atoms with E-state index >= 15 is 0 Å². The third kappa shape index (κ3) is 8.40. The Bertz CT molecular complexity index is 1180. The van der Waals surface area contributed by atoms with Gasteiger partial charge in [-0.1, -0.05) is 39.2 Å². The van der Waals surface area contributed by atoms with Gasteiger partial charge >= 0.3 is 7.12 Å². The first-order valence-corrected chi connectivity index (χ1v) is 17.1. The highest BCUT2D eigenvalue weighted by Gasteiger charge is 2.68. The minimum Gasteiger partial charge on any atom is -0.404 e. The van der Waals surface area contributed by atoms with Crippen LogP contribution in [-0.2, 0) is 25.3 Å². The lowest BCUT2D eigenvalue weighted by Gasteiger charge is -2.64. The summed E-state index contributed by atoms with van der Waals surface area (Å²) in [7, 11) is -0.544. The molecule has 13 heteroatoms. The number of hydrogen-bond donors (Lipinski definition) is 3. The molecule has 5 rings (SSSR count). The molecule has 3 saturated carbocycles. The van der Waals surface area contributed by atoms with E-state index < -0.39 is 18.1 Å². The van der Waals surface area contributed by atoms with Gasteiger partial charge in [0.1, 0.15) is 5.78 Å². The van der Waals surface area contributed by atoms with Crippen LogP contribution in [-0.4, -0.2) is 54.0 Å². The minimum atomic E-state index is -0.769. The predicted octanol–water partition coefficient (Wildman–Crippen LogP) is 4.71. The molecular weight excluding hydrogens is 581 g/mol. The van der Waals surface area contributed by atoms with Gasteiger partial charge in [-0.05, 0) is 92.9 Å². The molecule has 0 unspecified atom stereocenters. The Morgan fingerprint density at radius 3 is 2.68 bits per heavy atom. The number of hydrogen-bond acceptors (Lipinski definition) is 8. The number of nitrogens with two attached hydrogens (primary N) is 1. The van der Waals surface area contributed by atoms with E-state index in [0.717, 1.165) is 32.1 Å². The van der Waals surface area contributed by atoms with E-state index in [4.69, 9.17) is 15.0 Å². The van der Waals surface area contributed by atoms with Crippen molar-refractivity contribution in [2.75, 3.05) is 6.54 Å². The molecule has 4 N–H and O–H groups in total. The fourth-order valence-corrected chi connectivity index (χ4v) is 8.31. The van der Waals surface area contributed by atoms with Crippen molar-refractivity contribution in [3.8, 4) is 0 Å². The van der Waals surface area contributed by atoms with Crippen LogP contribution in [0.1, 0.15) is 97.3 Å². The maximum absolute atomic E-state index is 13.8. The maximum atomic E-state index is 13.8. The molecule has 1 aromatic heterocycles. The molecule has 1 amide bonds. The fraction of sp³-hybridized carbons (Fsp3) is 0.774. The molecule has 11 nitrogen and oxygen atoms in total. The third-order valence-corrected chi connectivity index (χ3v) is 11.0. The molecule has 0 radical (unpaired) electrons. The van der Waals surface area contributed by atoms with Crippen LogP contribution in [0.2, 0.25) is 0 Å². The summed E-state index contributed by atoms with van der Waals surface area (Å²) in [6, 6.07) is 4.14. The van der Waals surface area contributed by atoms with Gasteiger partial charge in [0, 0.05) is 30.2 Å². The molecule has 2 heterocycles. The number of guanidine groups is 1. The Hall–Kier alpha value is -2.51. The van der Waals surface area contributed by atoms with Crippen molar-refractivity contribution in [1.29, 1.82) is 0 Å². The Kier molecular flexibility index (Phi) is 11.5. The van der Waals surface area contributed by atoms with Crippen LogP contribution < -0.4 is 16.5 Å². The normalized spacial score (nSPS) is 26.9. The first-order chi connectivity index (χ1) is 20.8. The standard InChI is InChI=1S/C31H50BN5O6S/c1-20(2)16-27(32-42-26-19-22-18-25(30(22,3)4)31(26,5)43-32)35-28(39)21(10-8-14-34-29(33)36-37(40)41)17-23(38)11-6-7-12-24-13-9-15-44-24/h9,13,15,20-22,25-27H,6-8,10-12,14,16-19H2,1-5H3,(H,35,39)(H3,33,34,36)/t21-,22-,25-,26-,27+,31+/m1/s1. The molecule has 1 aromatic rings. The van der Waals surface area contributed by atoms with Crippen molar-refractivity contribution in [2.24, 2.45) is 39.8 Å². The number of amides is 1. The SMILES string of the molecule is CC(C)C[C@H](NC(=O)[C@H](CCCN=C(N)N[N+](=O)[O-])CC(=O)CCCCc1cccs1)B1O[C@@H]2C[C@H]3C[C@H](C3(C)C)[C@]2(C)O1. The van der Waals surface area contributed by atoms with E-state index in [9.17, 15) is 19.7 Å². The average Bonchev–Trinajstić information content (AvgIpc) is 3.58. The van der Waals surface area contributed by atoms with Crippen LogP contribution in [0, 0.1) is 39.2 Å². The number of unbranched alkanes of at least 4 members (excludes halogenated alkanes) is 1. The molecule has 1 saturated heterocycles. The lowest BCUT2D eigenvalue weighted by molar-refractivity contribution is -0.525. The molecule has 0 spiro atoms. The fourth-order valence-electron chi connectivity index (χ4n) is 7.56. The number of nitrogens with zero attached hydrogens (tertiary/aromatic N) is 2. The van der Waals surface area contributed by atoms with Crippen molar-refractivity contribution in [1.82, 2.24) is 10.7 Å². The first-order valence-electron chi connectivity index (χ1n) is 16.2. The van der Waals surface area contributed by atoms with Crippen LogP contribution in [0.4, 0.5) is 0 Å². The number of aliphatic imine (C=N–C) groups is 1. The zero-order valence-electron chi connectivity index (χ0n) is 26.9. The number of carbonyl (C=O) groups is 2. The van der Waals surface area contributed by atoms with E-state index in [0.29, 0.717) is 43.4 Å². The lowest BCUT2D eigenvalue weighted by Crippen LogP contribution is -2.65. The summed E-state index contributed by atoms with van der Waals surface area (Å²) in [6.45, 7) is 11.3. The third-order valence-electron chi connectivity index (χ3n) is 10.1. The number of Topliss-reactive ketones (excluding diaryl/α,β-unsaturated/α-hetero) is 1. The van der Waals surface area contributed by atoms with Crippen LogP contribution in [0.5, 0.6) is 0 Å². The van der Waals surface area contributed by atoms with Crippen LogP contribution >= 0.6 is 11.3 Å². The molecular formula is C31H50BN5O6S. The van der Waals surface area contributed by atoms with Gasteiger partial charge in [0.05, 0.1) is 17.6 Å². The zero-order chi connectivity index (χ0) is 32.1. The molecule has 4 aliphatic rings. The summed E-state index contributed by atoms with van der Waals surface area (Å²) in [5, 5.41) is 15.1. The number of nitrogens with one attached hydrogen (secondary N) is 2. The van der Waals surface area contributed by atoms with Gasteiger partial charge in [-0.15, -0.1) is 11.3 Å². The summed E-state index contributed by atoms with van der Waals surface area (Å²) in [6.07, 6.45) is 6.88. The second kappa shape index (κ2) is 14.7. The van der Waals surface area contributed by atoms with Gasteiger partial charge in [-0.2, -0.15) is 0 Å². The number of thiophene rings is 1. The maximum Gasteiger partial charge on any atom is 0.481 e. The predicted molar refractivity (Wildman–Crippen MR) is 172 cm³/mol. The van der Waals surface area contributed by atoms with Crippen LogP contribution in [0.3, 0.4) is 0 Å². The molecule has 4 fully saturated rings. The monoisotopic (exact) mass is 631 g/mol. The van der Waals surface area contributed by atoms with Crippen LogP contribution in [0.25, 0.3) is 0 Å². The topological polar surface area (TPSA) is 158 Å². The summed E-state index contributed by atoms with van der Waals surface area (Å²) in [4.78, 5) is 42.8. The summed E-state index contributed by atoms with van der Waals surface area (Å²) in [5.41, 5.74) is 7.21. The van der Waals surface area contributed by atoms with Gasteiger partial charge in [0.25, 0.3) is 5.96 Å². The number of nitro groups is 1. The van der Waals surface area contributed by atoms with Gasteiger partial charge < -0.3 is 20.4 Å². The van der Waals surface area contributed by atoms with Gasteiger partial charge in [0.15, 0.2) is 5.03 Å². The Balaban J connectivity index is 1.38. The highest BCUT2D eigenvalue weighted by atomic mass is 32.1. The van der Waals surface area contributed by atoms with E-state index in [2.05, 4.69) is 56.4 Å². The quantitative estimate of drug-likeness (QED) is 0.0557. The summed E-state index contributed by atoms with van der Waals surface area (Å²) >= 11 is 1.72. The van der Waals surface area contributed by atoms with Crippen molar-refractivity contribution in [2.45, 2.75) is 116 Å². The second-order valence-corrected chi connectivity index (χ2v) is 15.1. The molecule has 0 aromatic carbocycles. The lowest BCUT2D eigenvalue weighted by atomic mass is 9.43. The largest absolute Gasteiger partial charge is 0.481 e. The van der Waals surface area contributed by atoms with E-state index in [1.165, 1.54) is 4.88 Å². The van der Waals surface area contributed by atoms with E-state index in [1.807, 2.05) is 11.5 Å². The minimum absolute atomic E-state index is 0.0125. The highest BCUT2D eigenvalue weighted by Crippen LogP contribution is 2.65. The molecule has 6 atom stereocenters. The molecule has 44 heavy (non-hydrogen) atoms. The summed E-state index contributed by atoms with van der Waals surface area (Å²) < 4.78 is 13.3. The molecule has 3 aliphatic carbocycles. The second-order valence-electron chi connectivity index (χ2n) is 14.1. The van der Waals surface area contributed by atoms with Gasteiger partial charge in [0.2, 0.25) is 5.91 Å². The zero-order valence-corrected chi connectivity index (χ0v) is 27.7. The van der Waals surface area contributed by atoms with E-state index in [-0.39, 0.29) is 53.7 Å². The molecule has 2 bridgehead atoms. The smallest absolute Gasteiger partial charge is 0.404 e. The number of carbonyl (C=O) groups excluding carboxylic acids is 2. The molecule has 1 aliphatic heterocycles. The number of ketones is 1. The van der Waals surface area contributed by atoms with E-state index in [1.54, 1.807) is 11.3 Å². The average molecular weight is 632 g/mol. The number of aryl methyl sites for hydroxylation is 1. The Morgan fingerprint density at radius 1 is 1.25 bits per heavy atom. The highest BCUT2D eigenvalue weighted by molar-refractivity contribution is 7.09. The Labute approximate surface area is 265 Å². The van der Waals surface area contributed by atoms with Crippen molar-refractivity contribution < 1.29 is 23.9 Å². The number of hydrazine groups is 1. The number of rotatable bonds is 17. The van der Waals surface area contributed by atoms with Gasteiger partial charge in [-0.3, -0.25) is 9.59 Å². The summed E-state index contributed by atoms with van der Waals surface area (Å²) in [5.74, 6) is 0.0193. The molecule has 244 valence electrons. The first kappa shape index (κ1) is 34.4. The van der Waals surface area contributed by atoms with Crippen LogP contribution in [0.15, 0.2) is 22.5 Å². The Morgan fingerprint density at radius 2 is 2.02 bits per heavy atom. The van der Waals surface area contributed by atoms with Crippen molar-refractivity contribution in [3.63, 3.8) is 0 Å². The van der Waals surface area contributed by atoms with Gasteiger partial charge in [-0.25, -0.2) is 15.1 Å². The van der Waals surface area contributed by atoms with Crippen molar-refractivity contribution >= 4 is 36.1 Å². The van der Waals surface area contributed by atoms with Crippen molar-refractivity contribution in [3.05, 3.63) is 32.5 Å².